The monoisotopic (exact) mass is 330 g/mol. The van der Waals surface area contributed by atoms with Gasteiger partial charge in [0.15, 0.2) is 5.76 Å². The van der Waals surface area contributed by atoms with Crippen molar-refractivity contribution in [3.05, 3.63) is 46.7 Å². The molecule has 0 saturated heterocycles. The third kappa shape index (κ3) is 3.25. The van der Waals surface area contributed by atoms with Crippen molar-refractivity contribution in [2.45, 2.75) is 0 Å². The predicted octanol–water partition coefficient (Wildman–Crippen LogP) is 2.96. The SMILES string of the molecule is COCCNc1ccc(-c2nc(-c3ccco3)no2)cc1[N+](=O)[O-]. The van der Waals surface area contributed by atoms with Gasteiger partial charge in [-0.25, -0.2) is 0 Å². The quantitative estimate of drug-likeness (QED) is 0.399. The van der Waals surface area contributed by atoms with Gasteiger partial charge >= 0.3 is 0 Å². The maximum absolute atomic E-state index is 11.3. The molecule has 9 nitrogen and oxygen atoms in total. The fraction of sp³-hybridized carbons (Fsp3) is 0.200. The molecule has 0 unspecified atom stereocenters. The summed E-state index contributed by atoms with van der Waals surface area (Å²) >= 11 is 0. The molecule has 0 aliphatic rings. The first-order valence-corrected chi connectivity index (χ1v) is 7.08. The molecule has 0 bridgehead atoms. The van der Waals surface area contributed by atoms with Crippen molar-refractivity contribution in [3.8, 4) is 23.0 Å². The van der Waals surface area contributed by atoms with Gasteiger partial charge in [-0.05, 0) is 24.3 Å². The number of ether oxygens (including phenoxy) is 1. The summed E-state index contributed by atoms with van der Waals surface area (Å²) in [5, 5.41) is 18.0. The maximum Gasteiger partial charge on any atom is 0.293 e. The van der Waals surface area contributed by atoms with Gasteiger partial charge in [-0.15, -0.1) is 0 Å². The van der Waals surface area contributed by atoms with Crippen LogP contribution >= 0.6 is 0 Å². The lowest BCUT2D eigenvalue weighted by atomic mass is 10.1. The van der Waals surface area contributed by atoms with Gasteiger partial charge < -0.3 is 19.0 Å². The van der Waals surface area contributed by atoms with Crippen LogP contribution in [0.15, 0.2) is 45.5 Å². The summed E-state index contributed by atoms with van der Waals surface area (Å²) in [6.45, 7) is 0.898. The van der Waals surface area contributed by atoms with Gasteiger partial charge in [-0.3, -0.25) is 10.1 Å². The van der Waals surface area contributed by atoms with Crippen molar-refractivity contribution in [1.82, 2.24) is 10.1 Å². The summed E-state index contributed by atoms with van der Waals surface area (Å²) in [5.74, 6) is 0.908. The Morgan fingerprint density at radius 1 is 1.38 bits per heavy atom. The number of aromatic nitrogens is 2. The van der Waals surface area contributed by atoms with Gasteiger partial charge in [0.05, 0.1) is 17.8 Å². The van der Waals surface area contributed by atoms with Crippen LogP contribution in [-0.4, -0.2) is 35.3 Å². The highest BCUT2D eigenvalue weighted by Gasteiger charge is 2.19. The standard InChI is InChI=1S/C15H14N4O5/c1-22-8-6-16-11-5-4-10(9-12(11)19(20)21)15-17-14(18-24-15)13-3-2-7-23-13/h2-5,7,9,16H,6,8H2,1H3. The summed E-state index contributed by atoms with van der Waals surface area (Å²) in [7, 11) is 1.56. The van der Waals surface area contributed by atoms with E-state index in [9.17, 15) is 10.1 Å². The van der Waals surface area contributed by atoms with Crippen LogP contribution in [0.5, 0.6) is 0 Å². The minimum atomic E-state index is -0.470. The molecule has 1 N–H and O–H groups in total. The number of nitro benzene ring substituents is 1. The zero-order valence-electron chi connectivity index (χ0n) is 12.8. The smallest absolute Gasteiger partial charge is 0.293 e. The average molecular weight is 330 g/mol. The number of hydrogen-bond donors (Lipinski definition) is 1. The van der Waals surface area contributed by atoms with Gasteiger partial charge in [-0.2, -0.15) is 4.98 Å². The second-order valence-electron chi connectivity index (χ2n) is 4.81. The van der Waals surface area contributed by atoms with E-state index in [1.165, 1.54) is 12.3 Å². The number of nitro groups is 1. The summed E-state index contributed by atoms with van der Waals surface area (Å²) in [6, 6.07) is 8.05. The van der Waals surface area contributed by atoms with Crippen LogP contribution in [0.1, 0.15) is 0 Å². The normalized spacial score (nSPS) is 10.7. The first-order valence-electron chi connectivity index (χ1n) is 7.08. The molecule has 0 spiro atoms. The molecule has 2 aromatic heterocycles. The number of nitrogens with zero attached hydrogens (tertiary/aromatic N) is 3. The van der Waals surface area contributed by atoms with Gasteiger partial charge in [0.25, 0.3) is 11.6 Å². The lowest BCUT2D eigenvalue weighted by Crippen LogP contribution is -2.09. The van der Waals surface area contributed by atoms with Crippen molar-refractivity contribution in [2.75, 3.05) is 25.6 Å². The maximum atomic E-state index is 11.3. The van der Waals surface area contributed by atoms with Crippen LogP contribution in [0.25, 0.3) is 23.0 Å². The van der Waals surface area contributed by atoms with Gasteiger partial charge in [0, 0.05) is 25.3 Å². The number of hydrogen-bond acceptors (Lipinski definition) is 8. The van der Waals surface area contributed by atoms with Crippen molar-refractivity contribution >= 4 is 11.4 Å². The Labute approximate surface area is 136 Å². The van der Waals surface area contributed by atoms with Crippen LogP contribution in [0.4, 0.5) is 11.4 Å². The molecule has 0 amide bonds. The van der Waals surface area contributed by atoms with E-state index in [1.54, 1.807) is 31.4 Å². The first-order chi connectivity index (χ1) is 11.7. The molecule has 0 fully saturated rings. The third-order valence-corrected chi connectivity index (χ3v) is 3.23. The van der Waals surface area contributed by atoms with E-state index >= 15 is 0 Å². The Balaban J connectivity index is 1.88. The predicted molar refractivity (Wildman–Crippen MR) is 84.5 cm³/mol. The summed E-state index contributed by atoms with van der Waals surface area (Å²) < 4.78 is 15.3. The van der Waals surface area contributed by atoms with Crippen LogP contribution in [-0.2, 0) is 4.74 Å². The Morgan fingerprint density at radius 3 is 2.96 bits per heavy atom. The largest absolute Gasteiger partial charge is 0.461 e. The van der Waals surface area contributed by atoms with E-state index in [0.717, 1.165) is 0 Å². The van der Waals surface area contributed by atoms with E-state index in [1.807, 2.05) is 0 Å². The Morgan fingerprint density at radius 2 is 2.25 bits per heavy atom. The van der Waals surface area contributed by atoms with E-state index in [0.29, 0.717) is 30.2 Å². The molecule has 3 rings (SSSR count). The minimum absolute atomic E-state index is 0.0821. The Hall–Kier alpha value is -3.20. The number of furan rings is 1. The number of rotatable bonds is 7. The van der Waals surface area contributed by atoms with E-state index in [2.05, 4.69) is 15.5 Å². The summed E-state index contributed by atoms with van der Waals surface area (Å²) in [5.41, 5.74) is 0.761. The molecule has 124 valence electrons. The van der Waals surface area contributed by atoms with Gasteiger partial charge in [0.1, 0.15) is 5.69 Å². The van der Waals surface area contributed by atoms with Crippen LogP contribution in [0, 0.1) is 10.1 Å². The number of nitrogens with one attached hydrogen (secondary N) is 1. The van der Waals surface area contributed by atoms with Gasteiger partial charge in [0.2, 0.25) is 5.82 Å². The lowest BCUT2D eigenvalue weighted by molar-refractivity contribution is -0.383. The minimum Gasteiger partial charge on any atom is -0.461 e. The zero-order valence-corrected chi connectivity index (χ0v) is 12.8. The lowest BCUT2D eigenvalue weighted by Gasteiger charge is -2.07. The topological polar surface area (TPSA) is 116 Å². The average Bonchev–Trinajstić information content (AvgIpc) is 3.26. The molecule has 3 aromatic rings. The molecule has 2 heterocycles. The first kappa shape index (κ1) is 15.7. The summed E-state index contributed by atoms with van der Waals surface area (Å²) in [6.07, 6.45) is 1.50. The number of benzene rings is 1. The van der Waals surface area contributed by atoms with Crippen molar-refractivity contribution in [2.24, 2.45) is 0 Å². The number of methoxy groups -OCH3 is 1. The van der Waals surface area contributed by atoms with Crippen LogP contribution < -0.4 is 5.32 Å². The Bertz CT molecular complexity index is 828. The molecular formula is C15H14N4O5. The highest BCUT2D eigenvalue weighted by atomic mass is 16.6. The molecule has 24 heavy (non-hydrogen) atoms. The third-order valence-electron chi connectivity index (χ3n) is 3.23. The highest BCUT2D eigenvalue weighted by Crippen LogP contribution is 2.30. The molecule has 0 aliphatic carbocycles. The fourth-order valence-corrected chi connectivity index (χ4v) is 2.10. The fourth-order valence-electron chi connectivity index (χ4n) is 2.10. The molecule has 1 aromatic carbocycles. The molecule has 0 aliphatic heterocycles. The van der Waals surface area contributed by atoms with Gasteiger partial charge in [-0.1, -0.05) is 5.16 Å². The van der Waals surface area contributed by atoms with E-state index in [4.69, 9.17) is 13.7 Å². The number of anilines is 1. The molecular weight excluding hydrogens is 316 g/mol. The van der Waals surface area contributed by atoms with Crippen molar-refractivity contribution < 1.29 is 18.6 Å². The van der Waals surface area contributed by atoms with Crippen LogP contribution in [0.2, 0.25) is 0 Å². The highest BCUT2D eigenvalue weighted by molar-refractivity contribution is 5.70. The molecule has 0 radical (unpaired) electrons. The van der Waals surface area contributed by atoms with E-state index < -0.39 is 4.92 Å². The van der Waals surface area contributed by atoms with Crippen molar-refractivity contribution in [3.63, 3.8) is 0 Å². The molecule has 9 heteroatoms. The van der Waals surface area contributed by atoms with Crippen molar-refractivity contribution in [1.29, 1.82) is 0 Å². The Kier molecular flexibility index (Phi) is 4.52. The molecule has 0 atom stereocenters. The zero-order chi connectivity index (χ0) is 16.9. The van der Waals surface area contributed by atoms with E-state index in [-0.39, 0.29) is 17.4 Å². The second kappa shape index (κ2) is 6.92. The van der Waals surface area contributed by atoms with Crippen LogP contribution in [0.3, 0.4) is 0 Å². The second-order valence-corrected chi connectivity index (χ2v) is 4.81. The summed E-state index contributed by atoms with van der Waals surface area (Å²) in [4.78, 5) is 15.0. The molecule has 0 saturated carbocycles.